The van der Waals surface area contributed by atoms with Gasteiger partial charge in [0.1, 0.15) is 0 Å². The lowest BCUT2D eigenvalue weighted by Crippen LogP contribution is -3.00. The molecule has 1 heterocycles. The van der Waals surface area contributed by atoms with E-state index in [1.54, 1.807) is 32.0 Å². The fourth-order valence-corrected chi connectivity index (χ4v) is 2.60. The standard InChI is InChI=1S/C16H21NO6.ClH/c1-3-20-14(18)16(7-8-17,15(19)21-4-2)11-5-6-12-13(9-11)23-10-22-12;/h5-6,9H,3-4,7-8,10,17H2,1-2H3;1H. The zero-order chi connectivity index (χ0) is 16.9. The van der Waals surface area contributed by atoms with E-state index in [2.05, 4.69) is 5.73 Å². The predicted molar refractivity (Wildman–Crippen MR) is 79.9 cm³/mol. The van der Waals surface area contributed by atoms with Crippen LogP contribution in [-0.4, -0.2) is 38.5 Å². The zero-order valence-electron chi connectivity index (χ0n) is 13.8. The average Bonchev–Trinajstić information content (AvgIpc) is 3.00. The quantitative estimate of drug-likeness (QED) is 0.424. The topological polar surface area (TPSA) is 98.7 Å². The number of fused-ring (bicyclic) bond motifs is 1. The minimum absolute atomic E-state index is 0. The number of carbonyl (C=O) groups excluding carboxylic acids is 2. The highest BCUT2D eigenvalue weighted by atomic mass is 35.5. The van der Waals surface area contributed by atoms with Crippen LogP contribution in [0.25, 0.3) is 0 Å². The average molecular weight is 360 g/mol. The van der Waals surface area contributed by atoms with Crippen LogP contribution in [0.1, 0.15) is 25.8 Å². The Morgan fingerprint density at radius 3 is 2.25 bits per heavy atom. The molecule has 0 aromatic heterocycles. The second-order valence-corrected chi connectivity index (χ2v) is 5.02. The summed E-state index contributed by atoms with van der Waals surface area (Å²) in [6, 6.07) is 4.97. The third kappa shape index (κ3) is 3.57. The maximum Gasteiger partial charge on any atom is 0.328 e. The van der Waals surface area contributed by atoms with E-state index >= 15 is 0 Å². The van der Waals surface area contributed by atoms with E-state index in [9.17, 15) is 9.59 Å². The predicted octanol–water partition coefficient (Wildman–Crippen LogP) is -2.58. The normalized spacial score (nSPS) is 12.3. The van der Waals surface area contributed by atoms with Crippen molar-refractivity contribution in [2.24, 2.45) is 0 Å². The molecule has 0 radical (unpaired) electrons. The molecule has 8 heteroatoms. The van der Waals surface area contributed by atoms with E-state index in [0.717, 1.165) is 0 Å². The second kappa shape index (κ2) is 8.75. The van der Waals surface area contributed by atoms with Crippen molar-refractivity contribution in [2.45, 2.75) is 25.7 Å². The first-order chi connectivity index (χ1) is 11.1. The highest BCUT2D eigenvalue weighted by Gasteiger charge is 2.51. The zero-order valence-corrected chi connectivity index (χ0v) is 14.6. The molecule has 0 saturated heterocycles. The third-order valence-corrected chi connectivity index (χ3v) is 3.66. The first-order valence-electron chi connectivity index (χ1n) is 7.64. The van der Waals surface area contributed by atoms with Crippen LogP contribution in [-0.2, 0) is 24.5 Å². The van der Waals surface area contributed by atoms with Crippen molar-refractivity contribution in [3.63, 3.8) is 0 Å². The summed E-state index contributed by atoms with van der Waals surface area (Å²) < 4.78 is 20.9. The summed E-state index contributed by atoms with van der Waals surface area (Å²) in [5.74, 6) is -0.212. The minimum Gasteiger partial charge on any atom is -1.00 e. The Labute approximate surface area is 146 Å². The van der Waals surface area contributed by atoms with Crippen LogP contribution in [0, 0.1) is 0 Å². The molecule has 0 bridgehead atoms. The highest BCUT2D eigenvalue weighted by molar-refractivity contribution is 6.06. The number of quaternary nitrogens is 1. The summed E-state index contributed by atoms with van der Waals surface area (Å²) in [4.78, 5) is 25.3. The minimum atomic E-state index is -1.55. The summed E-state index contributed by atoms with van der Waals surface area (Å²) in [7, 11) is 0. The molecular formula is C16H22ClNO6. The lowest BCUT2D eigenvalue weighted by molar-refractivity contribution is -0.370. The van der Waals surface area contributed by atoms with Crippen molar-refractivity contribution in [2.75, 3.05) is 26.6 Å². The highest BCUT2D eigenvalue weighted by Crippen LogP contribution is 2.39. The Hall–Kier alpha value is -1.99. The van der Waals surface area contributed by atoms with Crippen molar-refractivity contribution in [1.29, 1.82) is 0 Å². The molecule has 0 saturated carbocycles. The molecule has 0 amide bonds. The van der Waals surface area contributed by atoms with Crippen molar-refractivity contribution in [3.8, 4) is 11.5 Å². The summed E-state index contributed by atoms with van der Waals surface area (Å²) in [5.41, 5.74) is 2.70. The molecule has 3 N–H and O–H groups in total. The number of rotatable bonds is 7. The van der Waals surface area contributed by atoms with E-state index < -0.39 is 17.4 Å². The molecule has 24 heavy (non-hydrogen) atoms. The van der Waals surface area contributed by atoms with Crippen LogP contribution in [0.5, 0.6) is 11.5 Å². The largest absolute Gasteiger partial charge is 1.00 e. The first-order valence-corrected chi connectivity index (χ1v) is 7.64. The van der Waals surface area contributed by atoms with Gasteiger partial charge in [0.25, 0.3) is 0 Å². The van der Waals surface area contributed by atoms with Gasteiger partial charge >= 0.3 is 11.9 Å². The van der Waals surface area contributed by atoms with Crippen LogP contribution in [0.3, 0.4) is 0 Å². The monoisotopic (exact) mass is 359 g/mol. The number of halogens is 1. The van der Waals surface area contributed by atoms with Gasteiger partial charge in [0.05, 0.1) is 19.8 Å². The number of ether oxygens (including phenoxy) is 4. The molecule has 0 aliphatic carbocycles. The molecule has 0 unspecified atom stereocenters. The summed E-state index contributed by atoms with van der Waals surface area (Å²) in [5, 5.41) is 0. The van der Waals surface area contributed by atoms with Gasteiger partial charge < -0.3 is 37.1 Å². The molecule has 1 aromatic carbocycles. The van der Waals surface area contributed by atoms with E-state index in [1.165, 1.54) is 0 Å². The number of carbonyl (C=O) groups is 2. The Morgan fingerprint density at radius 2 is 1.71 bits per heavy atom. The van der Waals surface area contributed by atoms with Crippen molar-refractivity contribution < 1.29 is 46.7 Å². The lowest BCUT2D eigenvalue weighted by atomic mass is 9.77. The maximum absolute atomic E-state index is 12.6. The van der Waals surface area contributed by atoms with Crippen molar-refractivity contribution in [3.05, 3.63) is 23.8 Å². The van der Waals surface area contributed by atoms with Gasteiger partial charge in [-0.25, -0.2) is 0 Å². The van der Waals surface area contributed by atoms with Gasteiger partial charge in [-0.1, -0.05) is 6.07 Å². The molecular weight excluding hydrogens is 338 g/mol. The molecule has 1 aliphatic rings. The van der Waals surface area contributed by atoms with Crippen LogP contribution in [0.4, 0.5) is 0 Å². The van der Waals surface area contributed by atoms with E-state index in [0.29, 0.717) is 23.6 Å². The second-order valence-electron chi connectivity index (χ2n) is 5.02. The van der Waals surface area contributed by atoms with Crippen molar-refractivity contribution >= 4 is 11.9 Å². The number of hydrogen-bond donors (Lipinski definition) is 1. The Bertz CT molecular complexity index is 574. The van der Waals surface area contributed by atoms with Gasteiger partial charge in [0.2, 0.25) is 6.79 Å². The Kier molecular flexibility index (Phi) is 7.31. The molecule has 7 nitrogen and oxygen atoms in total. The van der Waals surface area contributed by atoms with Crippen LogP contribution < -0.4 is 27.6 Å². The molecule has 1 aliphatic heterocycles. The lowest BCUT2D eigenvalue weighted by Gasteiger charge is -2.28. The molecule has 0 spiro atoms. The first kappa shape index (κ1) is 20.1. The molecule has 0 fully saturated rings. The fraction of sp³-hybridized carbons (Fsp3) is 0.500. The SMILES string of the molecule is CCOC(=O)C(CC[NH3+])(C(=O)OCC)c1ccc2c(c1)OCO2.[Cl-]. The van der Waals surface area contributed by atoms with Gasteiger partial charge in [0.15, 0.2) is 16.9 Å². The smallest absolute Gasteiger partial charge is 0.328 e. The van der Waals surface area contributed by atoms with Crippen molar-refractivity contribution in [1.82, 2.24) is 0 Å². The van der Waals surface area contributed by atoms with E-state index in [4.69, 9.17) is 18.9 Å². The maximum atomic E-state index is 12.6. The Morgan fingerprint density at radius 1 is 1.12 bits per heavy atom. The fourth-order valence-electron chi connectivity index (χ4n) is 2.60. The number of benzene rings is 1. The summed E-state index contributed by atoms with van der Waals surface area (Å²) >= 11 is 0. The van der Waals surface area contributed by atoms with E-state index in [-0.39, 0.29) is 38.8 Å². The molecule has 0 atom stereocenters. The van der Waals surface area contributed by atoms with Gasteiger partial charge in [-0.05, 0) is 31.5 Å². The van der Waals surface area contributed by atoms with Gasteiger partial charge in [-0.3, -0.25) is 9.59 Å². The van der Waals surface area contributed by atoms with Crippen LogP contribution in [0.15, 0.2) is 18.2 Å². The summed E-state index contributed by atoms with van der Waals surface area (Å²) in [6.45, 7) is 4.20. The van der Waals surface area contributed by atoms with Gasteiger partial charge in [-0.2, -0.15) is 0 Å². The Balaban J connectivity index is 0.00000288. The van der Waals surface area contributed by atoms with Crippen LogP contribution in [0.2, 0.25) is 0 Å². The van der Waals surface area contributed by atoms with Crippen LogP contribution >= 0.6 is 0 Å². The van der Waals surface area contributed by atoms with Gasteiger partial charge in [0, 0.05) is 6.42 Å². The number of hydrogen-bond acceptors (Lipinski definition) is 6. The molecule has 134 valence electrons. The molecule has 2 rings (SSSR count). The summed E-state index contributed by atoms with van der Waals surface area (Å²) in [6.07, 6.45) is 0.185. The van der Waals surface area contributed by atoms with Gasteiger partial charge in [-0.15, -0.1) is 0 Å². The van der Waals surface area contributed by atoms with E-state index in [1.807, 2.05) is 0 Å². The molecule has 1 aromatic rings. The third-order valence-electron chi connectivity index (χ3n) is 3.66. The number of esters is 2.